The Balaban J connectivity index is 1.58. The van der Waals surface area contributed by atoms with Crippen LogP contribution in [0.15, 0.2) is 0 Å². The highest BCUT2D eigenvalue weighted by Gasteiger charge is 2.44. The number of hydrogen-bond donors (Lipinski definition) is 3. The molecule has 154 valence electrons. The quantitative estimate of drug-likeness (QED) is 0.594. The molecular formula is C16H27N3O5S3. The molecule has 0 spiro atoms. The Hall–Kier alpha value is -0.490. The fourth-order valence-corrected chi connectivity index (χ4v) is 8.85. The van der Waals surface area contributed by atoms with Crippen LogP contribution in [-0.4, -0.2) is 53.6 Å². The molecule has 2 heterocycles. The molecule has 8 nitrogen and oxygen atoms in total. The zero-order valence-corrected chi connectivity index (χ0v) is 17.9. The average molecular weight is 438 g/mol. The predicted molar refractivity (Wildman–Crippen MR) is 107 cm³/mol. The zero-order valence-electron chi connectivity index (χ0n) is 15.5. The third-order valence-corrected chi connectivity index (χ3v) is 10.0. The number of fused-ring (bicyclic) bond motifs is 1. The summed E-state index contributed by atoms with van der Waals surface area (Å²) < 4.78 is 32.6. The molecule has 0 aromatic carbocycles. The SMILES string of the molecule is CC(C)OC(=O)NC(=O)C1CCSC1NS(=O)(=O)C1NC2CCCCC2S1. The molecule has 2 aliphatic heterocycles. The lowest BCUT2D eigenvalue weighted by atomic mass is 9.95. The third-order valence-electron chi connectivity index (χ3n) is 4.91. The van der Waals surface area contributed by atoms with Crippen LogP contribution in [0.2, 0.25) is 0 Å². The standard InChI is InChI=1S/C16H27N3O5S3/c1-9(2)24-15(21)18-13(20)10-7-8-25-14(10)19-27(22,23)16-17-11-5-3-4-6-12(11)26-16/h9-12,14,16-17,19H,3-8H2,1-2H3,(H,18,20,21). The van der Waals surface area contributed by atoms with Crippen molar-refractivity contribution in [3.05, 3.63) is 0 Å². The monoisotopic (exact) mass is 437 g/mol. The number of rotatable bonds is 5. The van der Waals surface area contributed by atoms with Gasteiger partial charge in [0, 0.05) is 11.3 Å². The molecule has 11 heteroatoms. The number of amides is 2. The van der Waals surface area contributed by atoms with E-state index in [1.165, 1.54) is 23.5 Å². The Labute approximate surface area is 168 Å². The highest BCUT2D eigenvalue weighted by Crippen LogP contribution is 2.39. The largest absolute Gasteiger partial charge is 0.447 e. The lowest BCUT2D eigenvalue weighted by molar-refractivity contribution is -0.124. The summed E-state index contributed by atoms with van der Waals surface area (Å²) in [5, 5.41) is 5.20. The molecule has 27 heavy (non-hydrogen) atoms. The minimum absolute atomic E-state index is 0.242. The van der Waals surface area contributed by atoms with Crippen LogP contribution in [-0.2, 0) is 19.6 Å². The van der Waals surface area contributed by atoms with Crippen LogP contribution < -0.4 is 15.4 Å². The van der Waals surface area contributed by atoms with E-state index >= 15 is 0 Å². The van der Waals surface area contributed by atoms with E-state index in [4.69, 9.17) is 4.74 Å². The maximum atomic E-state index is 12.8. The first-order chi connectivity index (χ1) is 12.8. The van der Waals surface area contributed by atoms with Crippen molar-refractivity contribution >= 4 is 45.5 Å². The van der Waals surface area contributed by atoms with E-state index in [1.54, 1.807) is 13.8 Å². The van der Waals surface area contributed by atoms with Gasteiger partial charge in [-0.1, -0.05) is 12.8 Å². The van der Waals surface area contributed by atoms with Gasteiger partial charge in [-0.15, -0.1) is 23.5 Å². The summed E-state index contributed by atoms with van der Waals surface area (Å²) in [7, 11) is -3.63. The molecule has 2 saturated heterocycles. The third kappa shape index (κ3) is 5.31. The first-order valence-electron chi connectivity index (χ1n) is 9.32. The molecular weight excluding hydrogens is 410 g/mol. The number of thioether (sulfide) groups is 2. The van der Waals surface area contributed by atoms with E-state index in [9.17, 15) is 18.0 Å². The van der Waals surface area contributed by atoms with E-state index in [-0.39, 0.29) is 12.1 Å². The molecule has 5 atom stereocenters. The number of sulfonamides is 1. The van der Waals surface area contributed by atoms with Gasteiger partial charge in [0.15, 0.2) is 4.71 Å². The lowest BCUT2D eigenvalue weighted by Crippen LogP contribution is -2.49. The summed E-state index contributed by atoms with van der Waals surface area (Å²) in [6.07, 6.45) is 3.69. The van der Waals surface area contributed by atoms with Gasteiger partial charge in [-0.25, -0.2) is 13.2 Å². The van der Waals surface area contributed by atoms with E-state index in [0.29, 0.717) is 17.4 Å². The van der Waals surface area contributed by atoms with Crippen molar-refractivity contribution in [1.82, 2.24) is 15.4 Å². The maximum Gasteiger partial charge on any atom is 0.414 e. The number of hydrogen-bond acceptors (Lipinski definition) is 8. The van der Waals surface area contributed by atoms with Crippen molar-refractivity contribution in [2.45, 2.75) is 73.4 Å². The number of ether oxygens (including phenoxy) is 1. The summed E-state index contributed by atoms with van der Waals surface area (Å²) in [6, 6.07) is 0.242. The fourth-order valence-electron chi connectivity index (χ4n) is 3.62. The van der Waals surface area contributed by atoms with Crippen LogP contribution in [0.25, 0.3) is 0 Å². The van der Waals surface area contributed by atoms with Crippen molar-refractivity contribution in [2.75, 3.05) is 5.75 Å². The highest BCUT2D eigenvalue weighted by molar-refractivity contribution is 8.13. The van der Waals surface area contributed by atoms with Gasteiger partial charge >= 0.3 is 6.09 Å². The van der Waals surface area contributed by atoms with Gasteiger partial charge in [-0.2, -0.15) is 4.72 Å². The van der Waals surface area contributed by atoms with Gasteiger partial charge in [-0.3, -0.25) is 15.4 Å². The van der Waals surface area contributed by atoms with Crippen molar-refractivity contribution in [3.8, 4) is 0 Å². The van der Waals surface area contributed by atoms with Gasteiger partial charge < -0.3 is 4.74 Å². The molecule has 1 saturated carbocycles. The van der Waals surface area contributed by atoms with Gasteiger partial charge in [0.2, 0.25) is 15.9 Å². The van der Waals surface area contributed by atoms with E-state index < -0.39 is 38.0 Å². The summed E-state index contributed by atoms with van der Waals surface area (Å²) in [5.41, 5.74) is 0. The molecule has 3 N–H and O–H groups in total. The predicted octanol–water partition coefficient (Wildman–Crippen LogP) is 1.58. The molecule has 3 fully saturated rings. The van der Waals surface area contributed by atoms with Gasteiger partial charge in [0.25, 0.3) is 0 Å². The summed E-state index contributed by atoms with van der Waals surface area (Å²) in [5.74, 6) is -0.446. The minimum atomic E-state index is -3.63. The number of carbonyl (C=O) groups is 2. The summed E-state index contributed by atoms with van der Waals surface area (Å²) >= 11 is 2.86. The number of alkyl carbamates (subject to hydrolysis) is 1. The Morgan fingerprint density at radius 2 is 1.93 bits per heavy atom. The number of carbonyl (C=O) groups excluding carboxylic acids is 2. The molecule has 0 aromatic rings. The fraction of sp³-hybridized carbons (Fsp3) is 0.875. The van der Waals surface area contributed by atoms with Crippen LogP contribution in [0.3, 0.4) is 0 Å². The first-order valence-corrected chi connectivity index (χ1v) is 12.9. The lowest BCUT2D eigenvalue weighted by Gasteiger charge is -2.23. The maximum absolute atomic E-state index is 12.8. The summed E-state index contributed by atoms with van der Waals surface area (Å²) in [4.78, 5) is 24.0. The molecule has 1 aliphatic carbocycles. The second-order valence-corrected chi connectivity index (χ2v) is 12.1. The van der Waals surface area contributed by atoms with Crippen LogP contribution in [0, 0.1) is 5.92 Å². The topological polar surface area (TPSA) is 114 Å². The van der Waals surface area contributed by atoms with Crippen LogP contribution in [0.1, 0.15) is 46.0 Å². The Bertz CT molecular complexity index is 658. The van der Waals surface area contributed by atoms with Crippen molar-refractivity contribution in [3.63, 3.8) is 0 Å². The second-order valence-electron chi connectivity index (χ2n) is 7.36. The molecule has 3 rings (SSSR count). The Morgan fingerprint density at radius 1 is 1.19 bits per heavy atom. The van der Waals surface area contributed by atoms with Crippen molar-refractivity contribution < 1.29 is 22.7 Å². The number of imide groups is 1. The van der Waals surface area contributed by atoms with Crippen molar-refractivity contribution in [1.29, 1.82) is 0 Å². The molecule has 3 aliphatic rings. The van der Waals surface area contributed by atoms with Crippen molar-refractivity contribution in [2.24, 2.45) is 5.92 Å². The van der Waals surface area contributed by atoms with Gasteiger partial charge in [0.1, 0.15) is 0 Å². The van der Waals surface area contributed by atoms with E-state index in [0.717, 1.165) is 25.7 Å². The summed E-state index contributed by atoms with van der Waals surface area (Å²) in [6.45, 7) is 3.38. The molecule has 0 aromatic heterocycles. The Morgan fingerprint density at radius 3 is 2.63 bits per heavy atom. The normalized spacial score (nSPS) is 33.7. The first kappa shape index (κ1) is 21.2. The van der Waals surface area contributed by atoms with E-state index in [1.807, 2.05) is 0 Å². The van der Waals surface area contributed by atoms with Gasteiger partial charge in [-0.05, 0) is 38.9 Å². The number of nitrogens with one attached hydrogen (secondary N) is 3. The van der Waals surface area contributed by atoms with Crippen LogP contribution in [0.4, 0.5) is 4.79 Å². The Kier molecular flexibility index (Phi) is 6.99. The van der Waals surface area contributed by atoms with Gasteiger partial charge in [0.05, 0.1) is 17.4 Å². The molecule has 0 radical (unpaired) electrons. The smallest absolute Gasteiger partial charge is 0.414 e. The zero-order chi connectivity index (χ0) is 19.6. The minimum Gasteiger partial charge on any atom is -0.447 e. The van der Waals surface area contributed by atoms with Crippen LogP contribution >= 0.6 is 23.5 Å². The second kappa shape index (κ2) is 8.89. The highest BCUT2D eigenvalue weighted by atomic mass is 32.3. The molecule has 2 amide bonds. The van der Waals surface area contributed by atoms with Crippen LogP contribution in [0.5, 0.6) is 0 Å². The molecule has 0 bridgehead atoms. The van der Waals surface area contributed by atoms with E-state index in [2.05, 4.69) is 15.4 Å². The average Bonchev–Trinajstić information content (AvgIpc) is 3.20. The molecule has 5 unspecified atom stereocenters.